The lowest BCUT2D eigenvalue weighted by Crippen LogP contribution is -2.27. The fourth-order valence-electron chi connectivity index (χ4n) is 1.45. The molecule has 1 aromatic heterocycles. The van der Waals surface area contributed by atoms with Gasteiger partial charge in [0.25, 0.3) is 0 Å². The lowest BCUT2D eigenvalue weighted by molar-refractivity contribution is -0.121. The molecule has 0 spiro atoms. The van der Waals surface area contributed by atoms with Gasteiger partial charge in [0.15, 0.2) is 0 Å². The van der Waals surface area contributed by atoms with Crippen molar-refractivity contribution in [1.29, 1.82) is 0 Å². The first-order chi connectivity index (χ1) is 8.68. The molecule has 0 saturated carbocycles. The zero-order valence-corrected chi connectivity index (χ0v) is 10.9. The maximum Gasteiger partial charge on any atom is 0.220 e. The monoisotopic (exact) mass is 250 g/mol. The van der Waals surface area contributed by atoms with Crippen LogP contribution in [-0.2, 0) is 4.79 Å². The molecule has 1 amide bonds. The number of anilines is 1. The van der Waals surface area contributed by atoms with Crippen molar-refractivity contribution in [3.63, 3.8) is 0 Å². The van der Waals surface area contributed by atoms with Crippen LogP contribution in [0.15, 0.2) is 24.4 Å². The molecule has 1 aromatic rings. The number of carbonyl (C=O) groups is 1. The molecule has 0 fully saturated rings. The highest BCUT2D eigenvalue weighted by molar-refractivity contribution is 5.75. The van der Waals surface area contributed by atoms with E-state index in [9.17, 15) is 4.79 Å². The van der Waals surface area contributed by atoms with E-state index in [1.54, 1.807) is 6.20 Å². The summed E-state index contributed by atoms with van der Waals surface area (Å²) in [5, 5.41) is 6.06. The first-order valence-electron chi connectivity index (χ1n) is 6.35. The second-order valence-electron chi connectivity index (χ2n) is 4.36. The number of hydrogen-bond donors (Lipinski definition) is 3. The Hall–Kier alpha value is -1.62. The summed E-state index contributed by atoms with van der Waals surface area (Å²) in [5.74, 6) is 0.936. The molecule has 4 N–H and O–H groups in total. The highest BCUT2D eigenvalue weighted by atomic mass is 16.1. The van der Waals surface area contributed by atoms with E-state index in [4.69, 9.17) is 5.73 Å². The van der Waals surface area contributed by atoms with Crippen LogP contribution in [-0.4, -0.2) is 30.0 Å². The predicted octanol–water partition coefficient (Wildman–Crippen LogP) is 1.13. The van der Waals surface area contributed by atoms with Crippen LogP contribution in [0.4, 0.5) is 5.82 Å². The third-order valence-corrected chi connectivity index (χ3v) is 2.47. The van der Waals surface area contributed by atoms with Gasteiger partial charge in [-0.15, -0.1) is 0 Å². The number of amides is 1. The maximum atomic E-state index is 11.4. The molecule has 0 aliphatic rings. The van der Waals surface area contributed by atoms with Gasteiger partial charge in [0.05, 0.1) is 0 Å². The molecular formula is C13H22N4O. The minimum atomic E-state index is 0.0742. The van der Waals surface area contributed by atoms with Crippen molar-refractivity contribution >= 4 is 11.7 Å². The average Bonchev–Trinajstić information content (AvgIpc) is 2.37. The fourth-order valence-corrected chi connectivity index (χ4v) is 1.45. The van der Waals surface area contributed by atoms with Crippen LogP contribution in [0.5, 0.6) is 0 Å². The number of nitrogens with two attached hydrogens (primary N) is 1. The summed E-state index contributed by atoms with van der Waals surface area (Å²) < 4.78 is 0. The molecule has 0 saturated heterocycles. The van der Waals surface area contributed by atoms with E-state index in [-0.39, 0.29) is 11.9 Å². The molecule has 0 aliphatic carbocycles. The van der Waals surface area contributed by atoms with Gasteiger partial charge in [-0.25, -0.2) is 4.98 Å². The molecule has 1 rings (SSSR count). The average molecular weight is 250 g/mol. The van der Waals surface area contributed by atoms with Gasteiger partial charge in [-0.05, 0) is 31.9 Å². The van der Waals surface area contributed by atoms with Crippen LogP contribution < -0.4 is 16.4 Å². The van der Waals surface area contributed by atoms with Gasteiger partial charge >= 0.3 is 0 Å². The van der Waals surface area contributed by atoms with E-state index in [1.807, 2.05) is 25.1 Å². The summed E-state index contributed by atoms with van der Waals surface area (Å²) in [7, 11) is 0. The maximum absolute atomic E-state index is 11.4. The van der Waals surface area contributed by atoms with Gasteiger partial charge < -0.3 is 16.4 Å². The molecule has 1 atom stereocenters. The Bertz CT molecular complexity index is 340. The van der Waals surface area contributed by atoms with E-state index in [1.165, 1.54) is 0 Å². The molecule has 5 nitrogen and oxygen atoms in total. The van der Waals surface area contributed by atoms with Gasteiger partial charge in [0.2, 0.25) is 5.91 Å². The fraction of sp³-hybridized carbons (Fsp3) is 0.538. The number of pyridine rings is 1. The minimum Gasteiger partial charge on any atom is -0.370 e. The molecule has 18 heavy (non-hydrogen) atoms. The van der Waals surface area contributed by atoms with Crippen molar-refractivity contribution in [2.75, 3.05) is 18.4 Å². The molecular weight excluding hydrogens is 228 g/mol. The molecule has 0 aromatic carbocycles. The Kier molecular flexibility index (Phi) is 6.79. The predicted molar refractivity (Wildman–Crippen MR) is 73.2 cm³/mol. The second kappa shape index (κ2) is 8.47. The molecule has 1 heterocycles. The molecule has 100 valence electrons. The van der Waals surface area contributed by atoms with Crippen LogP contribution in [0.2, 0.25) is 0 Å². The van der Waals surface area contributed by atoms with Crippen LogP contribution in [0.3, 0.4) is 0 Å². The van der Waals surface area contributed by atoms with E-state index < -0.39 is 0 Å². The lowest BCUT2D eigenvalue weighted by Gasteiger charge is -2.08. The van der Waals surface area contributed by atoms with Crippen molar-refractivity contribution in [3.8, 4) is 0 Å². The summed E-state index contributed by atoms with van der Waals surface area (Å²) in [5.41, 5.74) is 5.58. The Morgan fingerprint density at radius 2 is 2.28 bits per heavy atom. The smallest absolute Gasteiger partial charge is 0.220 e. The van der Waals surface area contributed by atoms with E-state index in [0.717, 1.165) is 25.2 Å². The standard InChI is InChI=1S/C13H22N4O/c1-11(14)6-7-13(18)17-10-4-9-16-12-5-2-3-8-15-12/h2-3,5,8,11H,4,6-7,9-10,14H2,1H3,(H,15,16)(H,17,18). The van der Waals surface area contributed by atoms with E-state index in [2.05, 4.69) is 15.6 Å². The molecule has 5 heteroatoms. The van der Waals surface area contributed by atoms with Gasteiger partial charge in [-0.3, -0.25) is 4.79 Å². The summed E-state index contributed by atoms with van der Waals surface area (Å²) in [6, 6.07) is 5.82. The van der Waals surface area contributed by atoms with Crippen molar-refractivity contribution in [1.82, 2.24) is 10.3 Å². The molecule has 0 bridgehead atoms. The number of rotatable bonds is 8. The number of carbonyl (C=O) groups excluding carboxylic acids is 1. The zero-order chi connectivity index (χ0) is 13.2. The van der Waals surface area contributed by atoms with Gasteiger partial charge in [0, 0.05) is 31.7 Å². The summed E-state index contributed by atoms with van der Waals surface area (Å²) in [4.78, 5) is 15.5. The van der Waals surface area contributed by atoms with Crippen molar-refractivity contribution in [3.05, 3.63) is 24.4 Å². The van der Waals surface area contributed by atoms with Gasteiger partial charge in [-0.2, -0.15) is 0 Å². The highest BCUT2D eigenvalue weighted by Gasteiger charge is 2.02. The Morgan fingerprint density at radius 1 is 1.44 bits per heavy atom. The summed E-state index contributed by atoms with van der Waals surface area (Å²) in [6.07, 6.45) is 3.86. The third kappa shape index (κ3) is 6.85. The molecule has 0 aliphatic heterocycles. The third-order valence-electron chi connectivity index (χ3n) is 2.47. The van der Waals surface area contributed by atoms with Crippen molar-refractivity contribution < 1.29 is 4.79 Å². The largest absolute Gasteiger partial charge is 0.370 e. The first-order valence-corrected chi connectivity index (χ1v) is 6.35. The molecule has 0 radical (unpaired) electrons. The lowest BCUT2D eigenvalue weighted by atomic mass is 10.2. The Balaban J connectivity index is 2.00. The number of nitrogens with zero attached hydrogens (tertiary/aromatic N) is 1. The van der Waals surface area contributed by atoms with E-state index in [0.29, 0.717) is 13.0 Å². The Morgan fingerprint density at radius 3 is 2.94 bits per heavy atom. The zero-order valence-electron chi connectivity index (χ0n) is 10.9. The van der Waals surface area contributed by atoms with Crippen molar-refractivity contribution in [2.24, 2.45) is 5.73 Å². The topological polar surface area (TPSA) is 80.0 Å². The van der Waals surface area contributed by atoms with E-state index >= 15 is 0 Å². The number of nitrogens with one attached hydrogen (secondary N) is 2. The highest BCUT2D eigenvalue weighted by Crippen LogP contribution is 1.99. The van der Waals surface area contributed by atoms with Crippen molar-refractivity contribution in [2.45, 2.75) is 32.2 Å². The SMILES string of the molecule is CC(N)CCC(=O)NCCCNc1ccccn1. The quantitative estimate of drug-likeness (QED) is 0.604. The molecule has 1 unspecified atom stereocenters. The summed E-state index contributed by atoms with van der Waals surface area (Å²) in [6.45, 7) is 3.38. The second-order valence-corrected chi connectivity index (χ2v) is 4.36. The Labute approximate surface area is 108 Å². The number of aromatic nitrogens is 1. The van der Waals surface area contributed by atoms with Crippen LogP contribution in [0.1, 0.15) is 26.2 Å². The normalized spacial score (nSPS) is 11.9. The van der Waals surface area contributed by atoms with Crippen LogP contribution >= 0.6 is 0 Å². The number of hydrogen-bond acceptors (Lipinski definition) is 4. The summed E-state index contributed by atoms with van der Waals surface area (Å²) >= 11 is 0. The first kappa shape index (κ1) is 14.4. The minimum absolute atomic E-state index is 0.0742. The van der Waals surface area contributed by atoms with Gasteiger partial charge in [0.1, 0.15) is 5.82 Å². The van der Waals surface area contributed by atoms with Crippen LogP contribution in [0, 0.1) is 0 Å². The van der Waals surface area contributed by atoms with Gasteiger partial charge in [-0.1, -0.05) is 6.07 Å². The van der Waals surface area contributed by atoms with Crippen LogP contribution in [0.25, 0.3) is 0 Å².